The molecular weight excluding hydrogens is 672 g/mol. The van der Waals surface area contributed by atoms with E-state index in [0.717, 1.165) is 0 Å². The van der Waals surface area contributed by atoms with Gasteiger partial charge in [-0.05, 0) is 67.6 Å². The third-order valence-electron chi connectivity index (χ3n) is 6.90. The topological polar surface area (TPSA) is 188 Å². The Balaban J connectivity index is 0.000000256. The molecular formula is C31H33ClN4O9S2. The van der Waals surface area contributed by atoms with Gasteiger partial charge in [0.15, 0.2) is 0 Å². The molecule has 0 radical (unpaired) electrons. The highest BCUT2D eigenvalue weighted by molar-refractivity contribution is 7.89. The number of nitrogens with one attached hydrogen (secondary N) is 2. The van der Waals surface area contributed by atoms with Gasteiger partial charge < -0.3 is 4.74 Å². The number of hydrogen-bond donors (Lipinski definition) is 2. The Labute approximate surface area is 278 Å². The molecule has 0 aliphatic heterocycles. The van der Waals surface area contributed by atoms with Crippen molar-refractivity contribution >= 4 is 43.0 Å². The number of para-hydroxylation sites is 1. The molecule has 250 valence electrons. The van der Waals surface area contributed by atoms with E-state index in [1.54, 1.807) is 48.5 Å². The van der Waals surface area contributed by atoms with Crippen molar-refractivity contribution in [1.29, 1.82) is 0 Å². The maximum absolute atomic E-state index is 12.6. The number of ether oxygens (including phenoxy) is 1. The number of aryl methyl sites for hydroxylation is 4. The molecule has 0 bridgehead atoms. The lowest BCUT2D eigenvalue weighted by Gasteiger charge is -2.13. The molecule has 0 atom stereocenters. The molecule has 0 aromatic heterocycles. The summed E-state index contributed by atoms with van der Waals surface area (Å²) < 4.78 is 60.4. The summed E-state index contributed by atoms with van der Waals surface area (Å²) in [4.78, 5) is 20.7. The van der Waals surface area contributed by atoms with Gasteiger partial charge in [0, 0.05) is 47.9 Å². The largest absolute Gasteiger partial charge is 0.496 e. The van der Waals surface area contributed by atoms with Crippen LogP contribution < -0.4 is 14.2 Å². The Morgan fingerprint density at radius 3 is 1.40 bits per heavy atom. The van der Waals surface area contributed by atoms with Gasteiger partial charge in [-0.25, -0.2) is 26.3 Å². The van der Waals surface area contributed by atoms with Crippen molar-refractivity contribution in [3.8, 4) is 5.75 Å². The number of non-ortho nitro benzene ring substituents is 2. The van der Waals surface area contributed by atoms with Gasteiger partial charge in [-0.3, -0.25) is 20.2 Å². The summed E-state index contributed by atoms with van der Waals surface area (Å²) >= 11 is 6.01. The first-order valence-electron chi connectivity index (χ1n) is 13.8. The molecule has 4 aromatic carbocycles. The number of halogens is 1. The standard InChI is InChI=1S/C16H18N2O5S.C15H15ClN2O4S/c1-11-8-14(18(19)20)9-12(2)16(11)24(21,22)17-10-13-6-4-5-7-15(13)23-3;1-10-7-13(18(19)20)8-11(2)15(10)23(21,22)17-9-12-5-3-4-6-14(12)16/h4-9,17H,10H2,1-3H3;3-8,17H,9H2,1-2H3. The van der Waals surface area contributed by atoms with Crippen LogP contribution in [0.25, 0.3) is 0 Å². The first-order valence-corrected chi connectivity index (χ1v) is 17.2. The zero-order valence-corrected chi connectivity index (χ0v) is 28.5. The molecule has 0 saturated heterocycles. The van der Waals surface area contributed by atoms with Crippen LogP contribution in [0.5, 0.6) is 5.75 Å². The molecule has 13 nitrogen and oxygen atoms in total. The summed E-state index contributed by atoms with van der Waals surface area (Å²) in [5, 5.41) is 22.2. The fourth-order valence-corrected chi connectivity index (χ4v) is 8.01. The Kier molecular flexibility index (Phi) is 12.2. The van der Waals surface area contributed by atoms with Crippen LogP contribution in [0.15, 0.2) is 82.6 Å². The summed E-state index contributed by atoms with van der Waals surface area (Å²) in [5.41, 5.74) is 2.38. The number of hydrogen-bond acceptors (Lipinski definition) is 9. The lowest BCUT2D eigenvalue weighted by Crippen LogP contribution is -2.25. The number of nitrogens with zero attached hydrogens (tertiary/aromatic N) is 2. The van der Waals surface area contributed by atoms with E-state index < -0.39 is 29.9 Å². The second-order valence-electron chi connectivity index (χ2n) is 10.4. The van der Waals surface area contributed by atoms with Gasteiger partial charge in [0.2, 0.25) is 20.0 Å². The Bertz CT molecular complexity index is 1990. The highest BCUT2D eigenvalue weighted by Gasteiger charge is 2.24. The molecule has 0 aliphatic carbocycles. The highest BCUT2D eigenvalue weighted by atomic mass is 35.5. The van der Waals surface area contributed by atoms with Crippen LogP contribution in [0.1, 0.15) is 33.4 Å². The predicted molar refractivity (Wildman–Crippen MR) is 178 cm³/mol. The Morgan fingerprint density at radius 2 is 1.02 bits per heavy atom. The molecule has 0 unspecified atom stereocenters. The zero-order valence-electron chi connectivity index (χ0n) is 26.1. The van der Waals surface area contributed by atoms with Gasteiger partial charge in [0.05, 0.1) is 26.7 Å². The van der Waals surface area contributed by atoms with Crippen molar-refractivity contribution in [2.75, 3.05) is 7.11 Å². The number of rotatable bonds is 11. The van der Waals surface area contributed by atoms with E-state index in [9.17, 15) is 37.1 Å². The molecule has 16 heteroatoms. The van der Waals surface area contributed by atoms with Crippen molar-refractivity contribution in [2.45, 2.75) is 50.6 Å². The maximum atomic E-state index is 12.6. The number of nitro benzene ring substituents is 2. The van der Waals surface area contributed by atoms with Crippen LogP contribution >= 0.6 is 11.6 Å². The van der Waals surface area contributed by atoms with Crippen molar-refractivity contribution in [3.63, 3.8) is 0 Å². The van der Waals surface area contributed by atoms with Crippen molar-refractivity contribution in [2.24, 2.45) is 0 Å². The zero-order chi connectivity index (χ0) is 35.1. The molecule has 0 aliphatic rings. The molecule has 0 saturated carbocycles. The van der Waals surface area contributed by atoms with E-state index in [-0.39, 0.29) is 34.3 Å². The van der Waals surface area contributed by atoms with Crippen molar-refractivity contribution in [1.82, 2.24) is 9.44 Å². The lowest BCUT2D eigenvalue weighted by molar-refractivity contribution is -0.385. The molecule has 4 aromatic rings. The fraction of sp³-hybridized carbons (Fsp3) is 0.226. The van der Waals surface area contributed by atoms with Gasteiger partial charge in [-0.15, -0.1) is 0 Å². The van der Waals surface area contributed by atoms with Gasteiger partial charge in [-0.1, -0.05) is 48.0 Å². The predicted octanol–water partition coefficient (Wildman–Crippen LogP) is 6.04. The molecule has 2 N–H and O–H groups in total. The van der Waals surface area contributed by atoms with Crippen LogP contribution in [0.3, 0.4) is 0 Å². The van der Waals surface area contributed by atoms with E-state index in [1.165, 1.54) is 59.1 Å². The maximum Gasteiger partial charge on any atom is 0.270 e. The van der Waals surface area contributed by atoms with Crippen molar-refractivity contribution < 1.29 is 31.4 Å². The first kappa shape index (κ1) is 37.1. The monoisotopic (exact) mass is 704 g/mol. The Morgan fingerprint density at radius 1 is 0.660 bits per heavy atom. The van der Waals surface area contributed by atoms with E-state index in [0.29, 0.717) is 44.2 Å². The van der Waals surface area contributed by atoms with E-state index in [1.807, 2.05) is 0 Å². The van der Waals surface area contributed by atoms with Gasteiger partial charge in [0.25, 0.3) is 11.4 Å². The molecule has 0 spiro atoms. The number of methoxy groups -OCH3 is 1. The number of nitro groups is 2. The summed E-state index contributed by atoms with van der Waals surface area (Å²) in [6.07, 6.45) is 0. The second kappa shape index (κ2) is 15.5. The molecule has 47 heavy (non-hydrogen) atoms. The first-order chi connectivity index (χ1) is 22.0. The quantitative estimate of drug-likeness (QED) is 0.139. The van der Waals surface area contributed by atoms with Gasteiger partial charge in [0.1, 0.15) is 5.75 Å². The fourth-order valence-electron chi connectivity index (χ4n) is 4.89. The molecule has 0 heterocycles. The van der Waals surface area contributed by atoms with E-state index in [2.05, 4.69) is 9.44 Å². The van der Waals surface area contributed by atoms with Crippen LogP contribution in [0.4, 0.5) is 11.4 Å². The summed E-state index contributed by atoms with van der Waals surface area (Å²) in [6.45, 7) is 6.24. The third-order valence-corrected chi connectivity index (χ3v) is 10.7. The minimum absolute atomic E-state index is 0.0396. The van der Waals surface area contributed by atoms with E-state index in [4.69, 9.17) is 16.3 Å². The Hall–Kier alpha value is -4.41. The van der Waals surface area contributed by atoms with E-state index >= 15 is 0 Å². The number of sulfonamides is 2. The van der Waals surface area contributed by atoms with Crippen LogP contribution in [0.2, 0.25) is 5.02 Å². The lowest BCUT2D eigenvalue weighted by atomic mass is 10.1. The molecule has 0 fully saturated rings. The molecule has 0 amide bonds. The summed E-state index contributed by atoms with van der Waals surface area (Å²) in [7, 11) is -6.11. The average molecular weight is 705 g/mol. The normalized spacial score (nSPS) is 11.4. The summed E-state index contributed by atoms with van der Waals surface area (Å²) in [6, 6.07) is 19.0. The van der Waals surface area contributed by atoms with Gasteiger partial charge in [-0.2, -0.15) is 0 Å². The third kappa shape index (κ3) is 9.33. The smallest absolute Gasteiger partial charge is 0.270 e. The van der Waals surface area contributed by atoms with Crippen LogP contribution in [-0.2, 0) is 33.1 Å². The SMILES string of the molecule is COc1ccccc1CNS(=O)(=O)c1c(C)cc([N+](=O)[O-])cc1C.Cc1cc([N+](=O)[O-])cc(C)c1S(=O)(=O)NCc1ccccc1Cl. The minimum Gasteiger partial charge on any atom is -0.496 e. The van der Waals surface area contributed by atoms with Gasteiger partial charge >= 0.3 is 0 Å². The second-order valence-corrected chi connectivity index (χ2v) is 14.2. The highest BCUT2D eigenvalue weighted by Crippen LogP contribution is 2.28. The average Bonchev–Trinajstić information content (AvgIpc) is 2.99. The summed E-state index contributed by atoms with van der Waals surface area (Å²) in [5.74, 6) is 0.581. The van der Waals surface area contributed by atoms with Crippen LogP contribution in [-0.4, -0.2) is 33.8 Å². The minimum atomic E-state index is -3.82. The molecule has 4 rings (SSSR count). The number of benzene rings is 4. The van der Waals surface area contributed by atoms with Crippen molar-refractivity contribution in [3.05, 3.63) is 131 Å². The van der Waals surface area contributed by atoms with Crippen LogP contribution in [0, 0.1) is 47.9 Å².